The Balaban J connectivity index is 1.89. The van der Waals surface area contributed by atoms with E-state index in [0.29, 0.717) is 0 Å². The Morgan fingerprint density at radius 2 is 2.00 bits per heavy atom. The third-order valence-corrected chi connectivity index (χ3v) is 4.81. The van der Waals surface area contributed by atoms with E-state index in [-0.39, 0.29) is 21.5 Å². The minimum atomic E-state index is -0.614. The fourth-order valence-corrected chi connectivity index (χ4v) is 3.66. The zero-order chi connectivity index (χ0) is 15.0. The van der Waals surface area contributed by atoms with Crippen LogP contribution < -0.4 is 5.32 Å². The normalized spacial score (nSPS) is 20.1. The molecule has 2 aromatic rings. The van der Waals surface area contributed by atoms with Crippen LogP contribution in [0.4, 0.5) is 4.39 Å². The highest BCUT2D eigenvalue weighted by molar-refractivity contribution is 9.09. The van der Waals surface area contributed by atoms with Gasteiger partial charge in [-0.15, -0.1) is 0 Å². The van der Waals surface area contributed by atoms with Gasteiger partial charge in [0.15, 0.2) is 0 Å². The van der Waals surface area contributed by atoms with Gasteiger partial charge in [0.25, 0.3) is 5.91 Å². The van der Waals surface area contributed by atoms with Crippen molar-refractivity contribution in [1.29, 1.82) is 0 Å². The number of alkyl halides is 1. The van der Waals surface area contributed by atoms with Gasteiger partial charge >= 0.3 is 0 Å². The minimum absolute atomic E-state index is 0.0874. The van der Waals surface area contributed by atoms with Gasteiger partial charge in [-0.1, -0.05) is 57.9 Å². The lowest BCUT2D eigenvalue weighted by atomic mass is 10.1. The predicted molar refractivity (Wildman–Crippen MR) is 84.5 cm³/mol. The van der Waals surface area contributed by atoms with E-state index in [0.717, 1.165) is 12.0 Å². The second-order valence-electron chi connectivity index (χ2n) is 4.97. The van der Waals surface area contributed by atoms with Gasteiger partial charge in [0.2, 0.25) is 0 Å². The van der Waals surface area contributed by atoms with Gasteiger partial charge in [-0.05, 0) is 29.7 Å². The molecule has 0 fully saturated rings. The maximum atomic E-state index is 13.8. The van der Waals surface area contributed by atoms with Crippen LogP contribution in [0.3, 0.4) is 0 Å². The molecular formula is C16H12BrClFNO. The molecule has 2 nitrogen and oxygen atoms in total. The second-order valence-corrected chi connectivity index (χ2v) is 6.55. The first-order valence-corrected chi connectivity index (χ1v) is 7.84. The van der Waals surface area contributed by atoms with E-state index >= 15 is 0 Å². The van der Waals surface area contributed by atoms with Crippen molar-refractivity contribution in [1.82, 2.24) is 5.32 Å². The quantitative estimate of drug-likeness (QED) is 0.788. The monoisotopic (exact) mass is 367 g/mol. The van der Waals surface area contributed by atoms with Gasteiger partial charge < -0.3 is 5.32 Å². The van der Waals surface area contributed by atoms with Crippen molar-refractivity contribution in [3.05, 3.63) is 70.0 Å². The van der Waals surface area contributed by atoms with Gasteiger partial charge in [0.1, 0.15) is 5.82 Å². The average molecular weight is 369 g/mol. The Labute approximate surface area is 135 Å². The molecule has 0 aromatic heterocycles. The number of benzene rings is 2. The fourth-order valence-electron chi connectivity index (χ4n) is 2.64. The van der Waals surface area contributed by atoms with Crippen molar-refractivity contribution in [2.45, 2.75) is 17.3 Å². The van der Waals surface area contributed by atoms with Crippen LogP contribution in [0.25, 0.3) is 0 Å². The summed E-state index contributed by atoms with van der Waals surface area (Å²) in [6.45, 7) is 0. The summed E-state index contributed by atoms with van der Waals surface area (Å²) in [6, 6.07) is 11.9. The molecule has 2 unspecified atom stereocenters. The molecule has 2 atom stereocenters. The third kappa shape index (κ3) is 2.70. The third-order valence-electron chi connectivity index (χ3n) is 3.64. The lowest BCUT2D eigenvalue weighted by Gasteiger charge is -2.18. The van der Waals surface area contributed by atoms with Crippen LogP contribution >= 0.6 is 27.5 Å². The first-order chi connectivity index (χ1) is 10.1. The maximum absolute atomic E-state index is 13.8. The summed E-state index contributed by atoms with van der Waals surface area (Å²) in [4.78, 5) is 12.4. The second kappa shape index (κ2) is 5.78. The molecule has 0 saturated heterocycles. The smallest absolute Gasteiger partial charge is 0.256 e. The molecule has 1 aliphatic rings. The SMILES string of the molecule is O=C(NC1c2ccccc2CC1Br)c1c(F)cccc1Cl. The molecular weight excluding hydrogens is 357 g/mol. The van der Waals surface area contributed by atoms with E-state index in [2.05, 4.69) is 21.2 Å². The summed E-state index contributed by atoms with van der Waals surface area (Å²) in [5.41, 5.74) is 2.13. The topological polar surface area (TPSA) is 29.1 Å². The molecule has 0 heterocycles. The Hall–Kier alpha value is -1.39. The zero-order valence-electron chi connectivity index (χ0n) is 10.9. The summed E-state index contributed by atoms with van der Waals surface area (Å²) < 4.78 is 13.8. The Kier molecular flexibility index (Phi) is 4.00. The van der Waals surface area contributed by atoms with Crippen molar-refractivity contribution in [2.24, 2.45) is 0 Å². The van der Waals surface area contributed by atoms with Gasteiger partial charge in [-0.25, -0.2) is 4.39 Å². The summed E-state index contributed by atoms with van der Waals surface area (Å²) in [6.07, 6.45) is 0.826. The molecule has 1 amide bonds. The van der Waals surface area contributed by atoms with Crippen molar-refractivity contribution in [3.8, 4) is 0 Å². The summed E-state index contributed by atoms with van der Waals surface area (Å²) >= 11 is 9.52. The van der Waals surface area contributed by atoms with Gasteiger partial charge in [0.05, 0.1) is 16.6 Å². The molecule has 1 N–H and O–H groups in total. The van der Waals surface area contributed by atoms with E-state index in [1.807, 2.05) is 24.3 Å². The molecule has 3 rings (SSSR count). The number of amides is 1. The molecule has 0 bridgehead atoms. The van der Waals surface area contributed by atoms with E-state index in [9.17, 15) is 9.18 Å². The van der Waals surface area contributed by atoms with E-state index in [4.69, 9.17) is 11.6 Å². The van der Waals surface area contributed by atoms with E-state index in [1.54, 1.807) is 0 Å². The van der Waals surface area contributed by atoms with E-state index in [1.165, 1.54) is 23.8 Å². The number of carbonyl (C=O) groups excluding carboxylic acids is 1. The highest BCUT2D eigenvalue weighted by Gasteiger charge is 2.32. The number of nitrogens with one attached hydrogen (secondary N) is 1. The predicted octanol–water partition coefficient (Wildman–Crippen LogP) is 4.27. The van der Waals surface area contributed by atoms with E-state index < -0.39 is 11.7 Å². The highest BCUT2D eigenvalue weighted by atomic mass is 79.9. The number of halogens is 3. The first-order valence-electron chi connectivity index (χ1n) is 6.54. The highest BCUT2D eigenvalue weighted by Crippen LogP contribution is 2.36. The van der Waals surface area contributed by atoms with Gasteiger partial charge in [-0.2, -0.15) is 0 Å². The molecule has 5 heteroatoms. The van der Waals surface area contributed by atoms with Crippen LogP contribution in [0.1, 0.15) is 27.5 Å². The Bertz CT molecular complexity index is 686. The lowest BCUT2D eigenvalue weighted by molar-refractivity contribution is 0.0934. The Morgan fingerprint density at radius 1 is 1.24 bits per heavy atom. The Morgan fingerprint density at radius 3 is 2.76 bits per heavy atom. The molecule has 0 spiro atoms. The number of hydrogen-bond acceptors (Lipinski definition) is 1. The van der Waals surface area contributed by atoms with Crippen LogP contribution in [0, 0.1) is 5.82 Å². The summed E-state index contributed by atoms with van der Waals surface area (Å²) in [5.74, 6) is -1.11. The van der Waals surface area contributed by atoms with Crippen LogP contribution in [-0.2, 0) is 6.42 Å². The molecule has 108 valence electrons. The minimum Gasteiger partial charge on any atom is -0.344 e. The largest absolute Gasteiger partial charge is 0.344 e. The number of rotatable bonds is 2. The number of hydrogen-bond donors (Lipinski definition) is 1. The lowest BCUT2D eigenvalue weighted by Crippen LogP contribution is -2.32. The standard InChI is InChI=1S/C16H12BrClFNO/c17-11-8-9-4-1-2-5-10(9)15(11)20-16(21)14-12(18)6-3-7-13(14)19/h1-7,11,15H,8H2,(H,20,21). The first kappa shape index (κ1) is 14.5. The zero-order valence-corrected chi connectivity index (χ0v) is 13.3. The number of carbonyl (C=O) groups is 1. The number of fused-ring (bicyclic) bond motifs is 1. The molecule has 0 aliphatic heterocycles. The van der Waals surface area contributed by atoms with Crippen molar-refractivity contribution < 1.29 is 9.18 Å². The molecule has 2 aromatic carbocycles. The average Bonchev–Trinajstić information content (AvgIpc) is 2.75. The summed E-state index contributed by atoms with van der Waals surface area (Å²) in [5, 5.41) is 2.99. The molecule has 21 heavy (non-hydrogen) atoms. The van der Waals surface area contributed by atoms with Gasteiger partial charge in [-0.3, -0.25) is 4.79 Å². The molecule has 1 aliphatic carbocycles. The van der Waals surface area contributed by atoms with Crippen molar-refractivity contribution in [2.75, 3.05) is 0 Å². The van der Waals surface area contributed by atoms with Gasteiger partial charge in [0, 0.05) is 4.83 Å². The molecule has 0 radical (unpaired) electrons. The van der Waals surface area contributed by atoms with Crippen LogP contribution in [-0.4, -0.2) is 10.7 Å². The van der Waals surface area contributed by atoms with Crippen LogP contribution in [0.5, 0.6) is 0 Å². The van der Waals surface area contributed by atoms with Crippen LogP contribution in [0.15, 0.2) is 42.5 Å². The summed E-state index contributed by atoms with van der Waals surface area (Å²) in [7, 11) is 0. The fraction of sp³-hybridized carbons (Fsp3) is 0.188. The van der Waals surface area contributed by atoms with Crippen LogP contribution in [0.2, 0.25) is 5.02 Å². The van der Waals surface area contributed by atoms with Crippen molar-refractivity contribution in [3.63, 3.8) is 0 Å². The maximum Gasteiger partial charge on any atom is 0.256 e. The van der Waals surface area contributed by atoms with Crippen molar-refractivity contribution >= 4 is 33.4 Å². The molecule has 0 saturated carbocycles.